The second-order valence-electron chi connectivity index (χ2n) is 3.40. The minimum Gasteiger partial charge on any atom is -0.308 e. The molecule has 74 valence electrons. The number of halogens is 1. The normalized spacial score (nSPS) is 22.4. The predicted molar refractivity (Wildman–Crippen MR) is 49.2 cm³/mol. The van der Waals surface area contributed by atoms with E-state index in [1.54, 1.807) is 6.07 Å². The van der Waals surface area contributed by atoms with E-state index in [-0.39, 0.29) is 17.6 Å². The Kier molecular flexibility index (Phi) is 2.54. The molecule has 3 nitrogen and oxygen atoms in total. The SMILES string of the molecule is O=C1CCNC(c2ccc(F)cn2)C1. The van der Waals surface area contributed by atoms with E-state index in [2.05, 4.69) is 10.3 Å². The number of aromatic nitrogens is 1. The number of nitrogens with zero attached hydrogens (tertiary/aromatic N) is 1. The van der Waals surface area contributed by atoms with Gasteiger partial charge in [-0.1, -0.05) is 0 Å². The van der Waals surface area contributed by atoms with Crippen LogP contribution < -0.4 is 5.32 Å². The second kappa shape index (κ2) is 3.84. The monoisotopic (exact) mass is 194 g/mol. The summed E-state index contributed by atoms with van der Waals surface area (Å²) in [4.78, 5) is 15.1. The standard InChI is InChI=1S/C10H11FN2O/c11-7-1-2-9(13-6-7)10-5-8(14)3-4-12-10/h1-2,6,10,12H,3-5H2. The number of Topliss-reactive ketones (excluding diaryl/α,β-unsaturated/α-hetero) is 1. The molecule has 0 aliphatic carbocycles. The van der Waals surface area contributed by atoms with Gasteiger partial charge < -0.3 is 5.32 Å². The Balaban J connectivity index is 2.14. The van der Waals surface area contributed by atoms with Gasteiger partial charge in [0.15, 0.2) is 0 Å². The molecule has 1 fully saturated rings. The Bertz CT molecular complexity index is 336. The van der Waals surface area contributed by atoms with Gasteiger partial charge in [-0.25, -0.2) is 4.39 Å². The van der Waals surface area contributed by atoms with Crippen molar-refractivity contribution in [3.63, 3.8) is 0 Å². The molecule has 0 aromatic carbocycles. The summed E-state index contributed by atoms with van der Waals surface area (Å²) in [6.07, 6.45) is 2.21. The third-order valence-corrected chi connectivity index (χ3v) is 2.33. The zero-order valence-corrected chi connectivity index (χ0v) is 7.66. The fourth-order valence-electron chi connectivity index (χ4n) is 1.59. The van der Waals surface area contributed by atoms with E-state index in [1.165, 1.54) is 12.3 Å². The highest BCUT2D eigenvalue weighted by molar-refractivity contribution is 5.80. The van der Waals surface area contributed by atoms with Crippen molar-refractivity contribution < 1.29 is 9.18 Å². The zero-order valence-electron chi connectivity index (χ0n) is 7.66. The highest BCUT2D eigenvalue weighted by atomic mass is 19.1. The number of piperidine rings is 1. The number of pyridine rings is 1. The van der Waals surface area contributed by atoms with Gasteiger partial charge in [0.1, 0.15) is 11.6 Å². The number of nitrogens with one attached hydrogen (secondary N) is 1. The lowest BCUT2D eigenvalue weighted by Crippen LogP contribution is -2.32. The maximum Gasteiger partial charge on any atom is 0.141 e. The van der Waals surface area contributed by atoms with Crippen LogP contribution in [0.1, 0.15) is 24.6 Å². The van der Waals surface area contributed by atoms with Crippen molar-refractivity contribution >= 4 is 5.78 Å². The van der Waals surface area contributed by atoms with Gasteiger partial charge in [-0.15, -0.1) is 0 Å². The lowest BCUT2D eigenvalue weighted by atomic mass is 10.0. The lowest BCUT2D eigenvalue weighted by Gasteiger charge is -2.21. The van der Waals surface area contributed by atoms with Crippen LogP contribution in [0.4, 0.5) is 4.39 Å². The van der Waals surface area contributed by atoms with Crippen LogP contribution in [0.25, 0.3) is 0 Å². The van der Waals surface area contributed by atoms with Crippen LogP contribution in [0, 0.1) is 5.82 Å². The molecule has 1 N–H and O–H groups in total. The molecule has 4 heteroatoms. The van der Waals surface area contributed by atoms with Gasteiger partial charge in [-0.3, -0.25) is 9.78 Å². The highest BCUT2D eigenvalue weighted by Gasteiger charge is 2.20. The number of hydrogen-bond donors (Lipinski definition) is 1. The molecule has 0 saturated carbocycles. The Labute approximate surface area is 81.3 Å². The number of ketones is 1. The Morgan fingerprint density at radius 2 is 2.36 bits per heavy atom. The quantitative estimate of drug-likeness (QED) is 0.730. The van der Waals surface area contributed by atoms with Gasteiger partial charge >= 0.3 is 0 Å². The largest absolute Gasteiger partial charge is 0.308 e. The van der Waals surface area contributed by atoms with E-state index in [4.69, 9.17) is 0 Å². The molecular formula is C10H11FN2O. The molecule has 1 unspecified atom stereocenters. The molecule has 0 amide bonds. The molecule has 1 atom stereocenters. The van der Waals surface area contributed by atoms with Crippen LogP contribution in [-0.4, -0.2) is 17.3 Å². The van der Waals surface area contributed by atoms with Crippen molar-refractivity contribution in [3.8, 4) is 0 Å². The van der Waals surface area contributed by atoms with Crippen molar-refractivity contribution in [2.24, 2.45) is 0 Å². The molecule has 0 spiro atoms. The van der Waals surface area contributed by atoms with Crippen LogP contribution in [0.5, 0.6) is 0 Å². The number of carbonyl (C=O) groups is 1. The second-order valence-corrected chi connectivity index (χ2v) is 3.40. The van der Waals surface area contributed by atoms with E-state index in [9.17, 15) is 9.18 Å². The topological polar surface area (TPSA) is 42.0 Å². The fraction of sp³-hybridized carbons (Fsp3) is 0.400. The smallest absolute Gasteiger partial charge is 0.141 e. The van der Waals surface area contributed by atoms with Gasteiger partial charge in [0.25, 0.3) is 0 Å². The number of hydrogen-bond acceptors (Lipinski definition) is 3. The molecule has 1 aliphatic heterocycles. The van der Waals surface area contributed by atoms with Gasteiger partial charge in [-0.05, 0) is 12.1 Å². The fourth-order valence-corrected chi connectivity index (χ4v) is 1.59. The first-order chi connectivity index (χ1) is 6.75. The van der Waals surface area contributed by atoms with Gasteiger partial charge in [0, 0.05) is 19.4 Å². The van der Waals surface area contributed by atoms with Crippen molar-refractivity contribution in [2.45, 2.75) is 18.9 Å². The minimum absolute atomic E-state index is 0.0446. The molecule has 0 bridgehead atoms. The molecule has 1 aromatic rings. The Hall–Kier alpha value is -1.29. The van der Waals surface area contributed by atoms with Crippen molar-refractivity contribution in [3.05, 3.63) is 29.8 Å². The highest BCUT2D eigenvalue weighted by Crippen LogP contribution is 2.18. The molecule has 2 rings (SSSR count). The summed E-state index contributed by atoms with van der Waals surface area (Å²) in [7, 11) is 0. The first-order valence-electron chi connectivity index (χ1n) is 4.62. The molecule has 1 aromatic heterocycles. The Morgan fingerprint density at radius 1 is 1.50 bits per heavy atom. The summed E-state index contributed by atoms with van der Waals surface area (Å²) in [6.45, 7) is 0.683. The minimum atomic E-state index is -0.351. The maximum absolute atomic E-state index is 12.6. The third kappa shape index (κ3) is 1.96. The number of rotatable bonds is 1. The van der Waals surface area contributed by atoms with Crippen LogP contribution >= 0.6 is 0 Å². The summed E-state index contributed by atoms with van der Waals surface area (Å²) >= 11 is 0. The average molecular weight is 194 g/mol. The number of carbonyl (C=O) groups excluding carboxylic acids is 1. The van der Waals surface area contributed by atoms with Crippen LogP contribution in [0.15, 0.2) is 18.3 Å². The van der Waals surface area contributed by atoms with Gasteiger partial charge in [0.2, 0.25) is 0 Å². The lowest BCUT2D eigenvalue weighted by molar-refractivity contribution is -0.120. The summed E-state index contributed by atoms with van der Waals surface area (Å²) in [6, 6.07) is 2.94. The van der Waals surface area contributed by atoms with Gasteiger partial charge in [0.05, 0.1) is 17.9 Å². The predicted octanol–water partition coefficient (Wildman–Crippen LogP) is 1.21. The molecule has 1 aliphatic rings. The molecule has 0 radical (unpaired) electrons. The Morgan fingerprint density at radius 3 is 3.00 bits per heavy atom. The van der Waals surface area contributed by atoms with E-state index >= 15 is 0 Å². The summed E-state index contributed by atoms with van der Waals surface area (Å²) in [5, 5.41) is 3.18. The average Bonchev–Trinajstić information content (AvgIpc) is 2.19. The zero-order chi connectivity index (χ0) is 9.97. The van der Waals surface area contributed by atoms with E-state index in [1.807, 2.05) is 0 Å². The molecule has 2 heterocycles. The van der Waals surface area contributed by atoms with Gasteiger partial charge in [-0.2, -0.15) is 0 Å². The summed E-state index contributed by atoms with van der Waals surface area (Å²) in [5.74, 6) is -0.115. The molecular weight excluding hydrogens is 183 g/mol. The van der Waals surface area contributed by atoms with Crippen molar-refractivity contribution in [1.82, 2.24) is 10.3 Å². The maximum atomic E-state index is 12.6. The van der Waals surface area contributed by atoms with Crippen molar-refractivity contribution in [1.29, 1.82) is 0 Å². The van der Waals surface area contributed by atoms with Crippen molar-refractivity contribution in [2.75, 3.05) is 6.54 Å². The third-order valence-electron chi connectivity index (χ3n) is 2.33. The van der Waals surface area contributed by atoms with E-state index < -0.39 is 0 Å². The summed E-state index contributed by atoms with van der Waals surface area (Å²) in [5.41, 5.74) is 0.736. The first kappa shape index (κ1) is 9.27. The van der Waals surface area contributed by atoms with Crippen LogP contribution in [0.3, 0.4) is 0 Å². The molecule has 1 saturated heterocycles. The van der Waals surface area contributed by atoms with E-state index in [0.717, 1.165) is 5.69 Å². The van der Waals surface area contributed by atoms with E-state index in [0.29, 0.717) is 19.4 Å². The summed E-state index contributed by atoms with van der Waals surface area (Å²) < 4.78 is 12.6. The first-order valence-corrected chi connectivity index (χ1v) is 4.62. The van der Waals surface area contributed by atoms with Crippen LogP contribution in [-0.2, 0) is 4.79 Å². The molecule has 14 heavy (non-hydrogen) atoms. The van der Waals surface area contributed by atoms with Crippen LogP contribution in [0.2, 0.25) is 0 Å².